The SMILES string of the molecule is CCN(C(=O)c1ccc(F)cc1C)C1CCNCC1. The van der Waals surface area contributed by atoms with Crippen LogP contribution in [0, 0.1) is 12.7 Å². The Morgan fingerprint density at radius 2 is 2.11 bits per heavy atom. The van der Waals surface area contributed by atoms with Crippen LogP contribution in [0.1, 0.15) is 35.7 Å². The molecule has 1 aromatic rings. The Bertz CT molecular complexity index is 455. The molecule has 3 nitrogen and oxygen atoms in total. The first-order chi connectivity index (χ1) is 9.13. The molecule has 1 amide bonds. The number of benzene rings is 1. The predicted molar refractivity (Wildman–Crippen MR) is 73.7 cm³/mol. The number of aryl methyl sites for hydroxylation is 1. The number of carbonyl (C=O) groups excluding carboxylic acids is 1. The van der Waals surface area contributed by atoms with Crippen molar-refractivity contribution in [2.24, 2.45) is 0 Å². The second-order valence-electron chi connectivity index (χ2n) is 5.03. The number of amides is 1. The highest BCUT2D eigenvalue weighted by atomic mass is 19.1. The maximum atomic E-state index is 13.1. The van der Waals surface area contributed by atoms with Crippen molar-refractivity contribution >= 4 is 5.91 Å². The fourth-order valence-corrected chi connectivity index (χ4v) is 2.71. The largest absolute Gasteiger partial charge is 0.336 e. The van der Waals surface area contributed by atoms with Gasteiger partial charge in [-0.3, -0.25) is 4.79 Å². The second kappa shape index (κ2) is 6.15. The maximum absolute atomic E-state index is 13.1. The predicted octanol–water partition coefficient (Wildman–Crippen LogP) is 2.35. The number of hydrogen-bond acceptors (Lipinski definition) is 2. The number of nitrogens with one attached hydrogen (secondary N) is 1. The molecule has 4 heteroatoms. The monoisotopic (exact) mass is 264 g/mol. The van der Waals surface area contributed by atoms with E-state index in [1.165, 1.54) is 12.1 Å². The van der Waals surface area contributed by atoms with E-state index in [-0.39, 0.29) is 11.7 Å². The number of piperidine rings is 1. The lowest BCUT2D eigenvalue weighted by molar-refractivity contribution is 0.0655. The Morgan fingerprint density at radius 3 is 2.68 bits per heavy atom. The molecule has 1 heterocycles. The first kappa shape index (κ1) is 14.0. The number of rotatable bonds is 3. The third kappa shape index (κ3) is 3.13. The number of halogens is 1. The van der Waals surface area contributed by atoms with Crippen molar-refractivity contribution in [2.75, 3.05) is 19.6 Å². The highest BCUT2D eigenvalue weighted by Crippen LogP contribution is 2.18. The Balaban J connectivity index is 2.19. The summed E-state index contributed by atoms with van der Waals surface area (Å²) in [6, 6.07) is 4.67. The van der Waals surface area contributed by atoms with E-state index in [1.54, 1.807) is 13.0 Å². The summed E-state index contributed by atoms with van der Waals surface area (Å²) in [4.78, 5) is 14.5. The molecule has 1 N–H and O–H groups in total. The normalized spacial score (nSPS) is 16.4. The van der Waals surface area contributed by atoms with Gasteiger partial charge in [0.1, 0.15) is 5.82 Å². The van der Waals surface area contributed by atoms with Crippen molar-refractivity contribution < 1.29 is 9.18 Å². The zero-order valence-electron chi connectivity index (χ0n) is 11.6. The summed E-state index contributed by atoms with van der Waals surface area (Å²) in [5.74, 6) is -0.272. The van der Waals surface area contributed by atoms with Crippen LogP contribution in [0.3, 0.4) is 0 Å². The van der Waals surface area contributed by atoms with Gasteiger partial charge in [0.15, 0.2) is 0 Å². The Hall–Kier alpha value is -1.42. The van der Waals surface area contributed by atoms with Crippen molar-refractivity contribution in [1.29, 1.82) is 0 Å². The zero-order chi connectivity index (χ0) is 13.8. The molecular weight excluding hydrogens is 243 g/mol. The van der Waals surface area contributed by atoms with Crippen LogP contribution in [0.4, 0.5) is 4.39 Å². The van der Waals surface area contributed by atoms with E-state index >= 15 is 0 Å². The molecule has 0 atom stereocenters. The van der Waals surface area contributed by atoms with Gasteiger partial charge >= 0.3 is 0 Å². The Labute approximate surface area is 113 Å². The van der Waals surface area contributed by atoms with Gasteiger partial charge in [-0.05, 0) is 63.5 Å². The van der Waals surface area contributed by atoms with Gasteiger partial charge in [-0.25, -0.2) is 4.39 Å². The van der Waals surface area contributed by atoms with Crippen LogP contribution in [-0.2, 0) is 0 Å². The summed E-state index contributed by atoms with van der Waals surface area (Å²) in [7, 11) is 0. The minimum atomic E-state index is -0.293. The summed E-state index contributed by atoms with van der Waals surface area (Å²) in [6.45, 7) is 6.39. The van der Waals surface area contributed by atoms with Gasteiger partial charge in [0.25, 0.3) is 5.91 Å². The van der Waals surface area contributed by atoms with Crippen molar-refractivity contribution in [3.63, 3.8) is 0 Å². The van der Waals surface area contributed by atoms with Gasteiger partial charge in [0, 0.05) is 18.2 Å². The molecular formula is C15H21FN2O. The van der Waals surface area contributed by atoms with Crippen LogP contribution in [0.15, 0.2) is 18.2 Å². The molecule has 0 saturated carbocycles. The molecule has 0 aromatic heterocycles. The highest BCUT2D eigenvalue weighted by molar-refractivity contribution is 5.95. The van der Waals surface area contributed by atoms with Crippen LogP contribution in [0.5, 0.6) is 0 Å². The molecule has 0 bridgehead atoms. The third-order valence-corrected chi connectivity index (χ3v) is 3.77. The first-order valence-electron chi connectivity index (χ1n) is 6.91. The van der Waals surface area contributed by atoms with Gasteiger partial charge in [-0.1, -0.05) is 0 Å². The number of carbonyl (C=O) groups is 1. The Morgan fingerprint density at radius 1 is 1.42 bits per heavy atom. The summed E-state index contributed by atoms with van der Waals surface area (Å²) in [5.41, 5.74) is 1.32. The van der Waals surface area contributed by atoms with Crippen LogP contribution < -0.4 is 5.32 Å². The Kier molecular flexibility index (Phi) is 4.53. The lowest BCUT2D eigenvalue weighted by atomic mass is 10.0. The van der Waals surface area contributed by atoms with Gasteiger partial charge in [-0.2, -0.15) is 0 Å². The van der Waals surface area contributed by atoms with Crippen molar-refractivity contribution in [3.8, 4) is 0 Å². The smallest absolute Gasteiger partial charge is 0.254 e. The molecule has 104 valence electrons. The molecule has 19 heavy (non-hydrogen) atoms. The molecule has 2 rings (SSSR count). The molecule has 1 aliphatic heterocycles. The standard InChI is InChI=1S/C15H21FN2O/c1-3-18(13-6-8-17-9-7-13)15(19)14-5-4-12(16)10-11(14)2/h4-5,10,13,17H,3,6-9H2,1-2H3. The van der Waals surface area contributed by atoms with E-state index < -0.39 is 0 Å². The summed E-state index contributed by atoms with van der Waals surface area (Å²) < 4.78 is 13.1. The molecule has 0 aliphatic carbocycles. The summed E-state index contributed by atoms with van der Waals surface area (Å²) in [5, 5.41) is 3.30. The molecule has 1 aromatic carbocycles. The van der Waals surface area contributed by atoms with E-state index in [0.717, 1.165) is 25.9 Å². The molecule has 1 saturated heterocycles. The zero-order valence-corrected chi connectivity index (χ0v) is 11.6. The van der Waals surface area contributed by atoms with E-state index in [4.69, 9.17) is 0 Å². The third-order valence-electron chi connectivity index (χ3n) is 3.77. The molecule has 0 spiro atoms. The van der Waals surface area contributed by atoms with E-state index in [2.05, 4.69) is 5.32 Å². The fraction of sp³-hybridized carbons (Fsp3) is 0.533. The van der Waals surface area contributed by atoms with E-state index in [1.807, 2.05) is 11.8 Å². The minimum Gasteiger partial charge on any atom is -0.336 e. The van der Waals surface area contributed by atoms with Gasteiger partial charge in [-0.15, -0.1) is 0 Å². The fourth-order valence-electron chi connectivity index (χ4n) is 2.71. The lowest BCUT2D eigenvalue weighted by Crippen LogP contribution is -2.46. The van der Waals surface area contributed by atoms with Crippen LogP contribution >= 0.6 is 0 Å². The van der Waals surface area contributed by atoms with Crippen LogP contribution in [0.2, 0.25) is 0 Å². The molecule has 0 radical (unpaired) electrons. The van der Waals surface area contributed by atoms with E-state index in [9.17, 15) is 9.18 Å². The summed E-state index contributed by atoms with van der Waals surface area (Å²) in [6.07, 6.45) is 1.97. The van der Waals surface area contributed by atoms with Crippen molar-refractivity contribution in [1.82, 2.24) is 10.2 Å². The quantitative estimate of drug-likeness (QED) is 0.909. The maximum Gasteiger partial charge on any atom is 0.254 e. The topological polar surface area (TPSA) is 32.3 Å². The van der Waals surface area contributed by atoms with Gasteiger partial charge < -0.3 is 10.2 Å². The highest BCUT2D eigenvalue weighted by Gasteiger charge is 2.25. The number of nitrogens with zero attached hydrogens (tertiary/aromatic N) is 1. The minimum absolute atomic E-state index is 0.0203. The molecule has 0 unspecified atom stereocenters. The van der Waals surface area contributed by atoms with Crippen molar-refractivity contribution in [2.45, 2.75) is 32.7 Å². The van der Waals surface area contributed by atoms with Gasteiger partial charge in [0.05, 0.1) is 0 Å². The average molecular weight is 264 g/mol. The molecule has 1 aliphatic rings. The lowest BCUT2D eigenvalue weighted by Gasteiger charge is -2.34. The van der Waals surface area contributed by atoms with Gasteiger partial charge in [0.2, 0.25) is 0 Å². The van der Waals surface area contributed by atoms with E-state index in [0.29, 0.717) is 23.7 Å². The van der Waals surface area contributed by atoms with Crippen molar-refractivity contribution in [3.05, 3.63) is 35.1 Å². The van der Waals surface area contributed by atoms with Crippen LogP contribution in [0.25, 0.3) is 0 Å². The summed E-state index contributed by atoms with van der Waals surface area (Å²) >= 11 is 0. The number of hydrogen-bond donors (Lipinski definition) is 1. The molecule has 1 fully saturated rings. The van der Waals surface area contributed by atoms with Crippen LogP contribution in [-0.4, -0.2) is 36.5 Å². The first-order valence-corrected chi connectivity index (χ1v) is 6.91. The second-order valence-corrected chi connectivity index (χ2v) is 5.03. The average Bonchev–Trinajstić information content (AvgIpc) is 2.40.